The highest BCUT2D eigenvalue weighted by Gasteiger charge is 2.22. The molecule has 0 aliphatic heterocycles. The van der Waals surface area contributed by atoms with Crippen LogP contribution in [0.15, 0.2) is 152 Å². The van der Waals surface area contributed by atoms with Gasteiger partial charge < -0.3 is 9.13 Å². The van der Waals surface area contributed by atoms with Crippen molar-refractivity contribution in [3.05, 3.63) is 168 Å². The standard InChI is InChI=1S/C45H25N5/c46-26-29-10-7-12-32(24-29)49-42-23-22-30(27-47)25-39(42)37-18-8-17-36(45(37)49)34-14-3-2-13-33(34)35-16-9-21-43-44(35)38-15-4-6-20-41(38)50(43)40-19-5-1-11-31(40)28-48/h1-25H. The van der Waals surface area contributed by atoms with Gasteiger partial charge in [-0.2, -0.15) is 15.8 Å². The number of hydrogen-bond donors (Lipinski definition) is 0. The van der Waals surface area contributed by atoms with Crippen LogP contribution in [0.25, 0.3) is 77.2 Å². The predicted octanol–water partition coefficient (Wildman–Crippen LogP) is 10.8. The summed E-state index contributed by atoms with van der Waals surface area (Å²) >= 11 is 0. The molecule has 9 rings (SSSR count). The molecule has 0 fully saturated rings. The lowest BCUT2D eigenvalue weighted by Crippen LogP contribution is -1.97. The van der Waals surface area contributed by atoms with Crippen LogP contribution in [0.2, 0.25) is 0 Å². The molecule has 0 spiro atoms. The fourth-order valence-corrected chi connectivity index (χ4v) is 7.56. The molecule has 50 heavy (non-hydrogen) atoms. The van der Waals surface area contributed by atoms with Gasteiger partial charge in [0.15, 0.2) is 0 Å². The van der Waals surface area contributed by atoms with Gasteiger partial charge in [0.25, 0.3) is 0 Å². The normalized spacial score (nSPS) is 11.1. The zero-order valence-electron chi connectivity index (χ0n) is 26.7. The fourth-order valence-electron chi connectivity index (χ4n) is 7.56. The Balaban J connectivity index is 1.38. The maximum absolute atomic E-state index is 10.1. The number of aromatic nitrogens is 2. The van der Waals surface area contributed by atoms with Crippen LogP contribution < -0.4 is 0 Å². The van der Waals surface area contributed by atoms with Crippen molar-refractivity contribution in [2.75, 3.05) is 0 Å². The van der Waals surface area contributed by atoms with E-state index in [1.807, 2.05) is 72.8 Å². The zero-order chi connectivity index (χ0) is 33.8. The lowest BCUT2D eigenvalue weighted by atomic mass is 9.91. The molecule has 2 heterocycles. The molecular formula is C45H25N5. The third kappa shape index (κ3) is 4.24. The molecule has 2 aromatic heterocycles. The molecule has 0 saturated carbocycles. The van der Waals surface area contributed by atoms with Crippen molar-refractivity contribution < 1.29 is 0 Å². The van der Waals surface area contributed by atoms with E-state index >= 15 is 0 Å². The Morgan fingerprint density at radius 1 is 0.400 bits per heavy atom. The summed E-state index contributed by atoms with van der Waals surface area (Å²) in [5.74, 6) is 0. The molecule has 0 unspecified atom stereocenters. The Bertz CT molecular complexity index is 2970. The number of para-hydroxylation sites is 3. The summed E-state index contributed by atoms with van der Waals surface area (Å²) in [6.45, 7) is 0. The number of nitriles is 3. The first-order chi connectivity index (χ1) is 24.7. The van der Waals surface area contributed by atoms with Gasteiger partial charge in [-0.15, -0.1) is 0 Å². The molecule has 9 aromatic rings. The Labute approximate surface area is 287 Å². The number of rotatable bonds is 4. The van der Waals surface area contributed by atoms with Crippen molar-refractivity contribution in [1.82, 2.24) is 9.13 Å². The minimum Gasteiger partial charge on any atom is -0.309 e. The van der Waals surface area contributed by atoms with E-state index in [1.165, 1.54) is 0 Å². The molecule has 0 radical (unpaired) electrons. The Kier molecular flexibility index (Phi) is 6.56. The van der Waals surface area contributed by atoms with Crippen LogP contribution in [0.4, 0.5) is 0 Å². The molecule has 0 saturated heterocycles. The lowest BCUT2D eigenvalue weighted by Gasteiger charge is -2.16. The van der Waals surface area contributed by atoms with Crippen molar-refractivity contribution in [3.63, 3.8) is 0 Å². The Morgan fingerprint density at radius 3 is 1.86 bits per heavy atom. The second-order valence-corrected chi connectivity index (χ2v) is 12.3. The van der Waals surface area contributed by atoms with E-state index in [4.69, 9.17) is 0 Å². The number of hydrogen-bond acceptors (Lipinski definition) is 3. The predicted molar refractivity (Wildman–Crippen MR) is 200 cm³/mol. The van der Waals surface area contributed by atoms with Gasteiger partial charge in [-0.1, -0.05) is 91.0 Å². The first-order valence-electron chi connectivity index (χ1n) is 16.3. The molecule has 7 aromatic carbocycles. The monoisotopic (exact) mass is 635 g/mol. The van der Waals surface area contributed by atoms with Gasteiger partial charge >= 0.3 is 0 Å². The highest BCUT2D eigenvalue weighted by atomic mass is 15.0. The second-order valence-electron chi connectivity index (χ2n) is 12.3. The average molecular weight is 636 g/mol. The number of nitrogens with zero attached hydrogens (tertiary/aromatic N) is 5. The van der Waals surface area contributed by atoms with Gasteiger partial charge in [0.05, 0.1) is 56.6 Å². The first kappa shape index (κ1) is 28.8. The van der Waals surface area contributed by atoms with E-state index < -0.39 is 0 Å². The largest absolute Gasteiger partial charge is 0.309 e. The summed E-state index contributed by atoms with van der Waals surface area (Å²) < 4.78 is 4.41. The van der Waals surface area contributed by atoms with Crippen molar-refractivity contribution in [2.45, 2.75) is 0 Å². The van der Waals surface area contributed by atoms with Crippen LogP contribution in [-0.4, -0.2) is 9.13 Å². The second kappa shape index (κ2) is 11.4. The van der Waals surface area contributed by atoms with E-state index in [-0.39, 0.29) is 0 Å². The molecule has 5 nitrogen and oxygen atoms in total. The smallest absolute Gasteiger partial charge is 0.101 e. The summed E-state index contributed by atoms with van der Waals surface area (Å²) in [6.07, 6.45) is 0. The summed E-state index contributed by atoms with van der Waals surface area (Å²) in [5, 5.41) is 33.9. The van der Waals surface area contributed by atoms with Crippen LogP contribution in [0.1, 0.15) is 16.7 Å². The molecular weight excluding hydrogens is 611 g/mol. The van der Waals surface area contributed by atoms with Crippen LogP contribution in [0, 0.1) is 34.0 Å². The molecule has 0 aliphatic carbocycles. The third-order valence-corrected chi connectivity index (χ3v) is 9.62. The van der Waals surface area contributed by atoms with Gasteiger partial charge in [-0.25, -0.2) is 0 Å². The minimum atomic E-state index is 0.574. The lowest BCUT2D eigenvalue weighted by molar-refractivity contribution is 1.17. The van der Waals surface area contributed by atoms with Gasteiger partial charge in [-0.05, 0) is 77.4 Å². The van der Waals surface area contributed by atoms with Crippen LogP contribution in [-0.2, 0) is 0 Å². The minimum absolute atomic E-state index is 0.574. The molecule has 0 atom stereocenters. The van der Waals surface area contributed by atoms with Crippen molar-refractivity contribution in [1.29, 1.82) is 15.8 Å². The SMILES string of the molecule is N#Cc1cccc(-n2c3ccc(C#N)cc3c3cccc(-c4ccccc4-c4cccc5c4c4ccccc4n5-c4ccccc4C#N)c32)c1. The summed E-state index contributed by atoms with van der Waals surface area (Å²) in [6, 6.07) is 57.8. The van der Waals surface area contributed by atoms with E-state index in [1.54, 1.807) is 0 Å². The average Bonchev–Trinajstić information content (AvgIpc) is 3.70. The van der Waals surface area contributed by atoms with Gasteiger partial charge in [0.2, 0.25) is 0 Å². The van der Waals surface area contributed by atoms with E-state index in [9.17, 15) is 15.8 Å². The van der Waals surface area contributed by atoms with Crippen LogP contribution in [0.3, 0.4) is 0 Å². The van der Waals surface area contributed by atoms with Crippen molar-refractivity contribution >= 4 is 43.6 Å². The number of benzene rings is 7. The highest BCUT2D eigenvalue weighted by molar-refractivity contribution is 6.19. The van der Waals surface area contributed by atoms with E-state index in [0.717, 1.165) is 77.2 Å². The Morgan fingerprint density at radius 2 is 1.02 bits per heavy atom. The molecule has 0 aliphatic rings. The number of fused-ring (bicyclic) bond motifs is 6. The highest BCUT2D eigenvalue weighted by Crippen LogP contribution is 2.45. The molecule has 0 bridgehead atoms. The van der Waals surface area contributed by atoms with E-state index in [0.29, 0.717) is 16.7 Å². The maximum Gasteiger partial charge on any atom is 0.101 e. The van der Waals surface area contributed by atoms with Crippen molar-refractivity contribution in [2.24, 2.45) is 0 Å². The van der Waals surface area contributed by atoms with Crippen LogP contribution in [0.5, 0.6) is 0 Å². The zero-order valence-corrected chi connectivity index (χ0v) is 26.7. The topological polar surface area (TPSA) is 81.2 Å². The van der Waals surface area contributed by atoms with Crippen molar-refractivity contribution in [3.8, 4) is 51.8 Å². The van der Waals surface area contributed by atoms with Gasteiger partial charge in [0.1, 0.15) is 6.07 Å². The molecule has 230 valence electrons. The van der Waals surface area contributed by atoms with E-state index in [2.05, 4.69) is 106 Å². The summed E-state index contributed by atoms with van der Waals surface area (Å²) in [7, 11) is 0. The Hall–Kier alpha value is -7.39. The molecule has 0 N–H and O–H groups in total. The van der Waals surface area contributed by atoms with Gasteiger partial charge in [0, 0.05) is 32.8 Å². The summed E-state index contributed by atoms with van der Waals surface area (Å²) in [4.78, 5) is 0. The maximum atomic E-state index is 10.1. The molecule has 0 amide bonds. The third-order valence-electron chi connectivity index (χ3n) is 9.62. The quantitative estimate of drug-likeness (QED) is 0.193. The van der Waals surface area contributed by atoms with Gasteiger partial charge in [-0.3, -0.25) is 0 Å². The fraction of sp³-hybridized carbons (Fsp3) is 0. The first-order valence-corrected chi connectivity index (χ1v) is 16.3. The summed E-state index contributed by atoms with van der Waals surface area (Å²) in [5.41, 5.74) is 11.7. The molecule has 5 heteroatoms. The van der Waals surface area contributed by atoms with Crippen LogP contribution >= 0.6 is 0 Å².